The number of benzene rings is 2. The number of ether oxygens (including phenoxy) is 3. The first-order chi connectivity index (χ1) is 15.0. The number of hydrogen-bond acceptors (Lipinski definition) is 4. The van der Waals surface area contributed by atoms with Gasteiger partial charge < -0.3 is 19.3 Å². The topological polar surface area (TPSA) is 47.9 Å². The van der Waals surface area contributed by atoms with Gasteiger partial charge in [-0.3, -0.25) is 0 Å². The van der Waals surface area contributed by atoms with Crippen LogP contribution < -0.4 is 4.74 Å². The first-order valence-corrected chi connectivity index (χ1v) is 11.2. The fourth-order valence-corrected chi connectivity index (χ4v) is 3.58. The van der Waals surface area contributed by atoms with Gasteiger partial charge in [0.15, 0.2) is 0 Å². The van der Waals surface area contributed by atoms with E-state index in [2.05, 4.69) is 25.6 Å². The van der Waals surface area contributed by atoms with Crippen LogP contribution in [-0.2, 0) is 22.7 Å². The average Bonchev–Trinajstić information content (AvgIpc) is 2.82. The summed E-state index contributed by atoms with van der Waals surface area (Å²) < 4.78 is 17.3. The molecule has 4 heteroatoms. The van der Waals surface area contributed by atoms with Gasteiger partial charge in [0.25, 0.3) is 0 Å². The third kappa shape index (κ3) is 8.86. The van der Waals surface area contributed by atoms with Crippen molar-refractivity contribution in [1.29, 1.82) is 0 Å². The summed E-state index contributed by atoms with van der Waals surface area (Å²) in [6, 6.07) is 18.1. The Bertz CT molecular complexity index is 729. The number of aliphatic hydroxyl groups excluding tert-OH is 1. The predicted octanol–water partition coefficient (Wildman–Crippen LogP) is 5.79. The van der Waals surface area contributed by atoms with Gasteiger partial charge in [0.05, 0.1) is 32.5 Å². The molecule has 0 fully saturated rings. The lowest BCUT2D eigenvalue weighted by molar-refractivity contribution is -0.0527. The van der Waals surface area contributed by atoms with E-state index in [0.717, 1.165) is 37.2 Å². The third-order valence-electron chi connectivity index (χ3n) is 5.80. The molecule has 31 heavy (non-hydrogen) atoms. The fraction of sp³-hybridized carbons (Fsp3) is 0.481. The highest BCUT2D eigenvalue weighted by Gasteiger charge is 2.27. The zero-order valence-corrected chi connectivity index (χ0v) is 19.2. The van der Waals surface area contributed by atoms with Crippen LogP contribution in [0.5, 0.6) is 5.75 Å². The Hall–Kier alpha value is -2.14. The van der Waals surface area contributed by atoms with Crippen LogP contribution in [-0.4, -0.2) is 31.0 Å². The van der Waals surface area contributed by atoms with Crippen molar-refractivity contribution in [2.45, 2.75) is 58.5 Å². The summed E-state index contributed by atoms with van der Waals surface area (Å²) in [5.41, 5.74) is 2.29. The van der Waals surface area contributed by atoms with Gasteiger partial charge in [0.1, 0.15) is 5.75 Å². The van der Waals surface area contributed by atoms with Crippen molar-refractivity contribution in [3.8, 4) is 5.75 Å². The van der Waals surface area contributed by atoms with E-state index in [1.807, 2.05) is 49.4 Å². The first kappa shape index (κ1) is 25.1. The highest BCUT2D eigenvalue weighted by molar-refractivity contribution is 5.26. The summed E-state index contributed by atoms with van der Waals surface area (Å²) in [6.07, 6.45) is 4.13. The molecular formula is C27H38O4. The summed E-state index contributed by atoms with van der Waals surface area (Å²) in [5.74, 6) is 0.868. The molecule has 0 aliphatic heterocycles. The second-order valence-electron chi connectivity index (χ2n) is 8.18. The van der Waals surface area contributed by atoms with Crippen molar-refractivity contribution < 1.29 is 19.3 Å². The van der Waals surface area contributed by atoms with Crippen LogP contribution in [0.4, 0.5) is 0 Å². The van der Waals surface area contributed by atoms with Gasteiger partial charge in [-0.15, -0.1) is 6.58 Å². The van der Waals surface area contributed by atoms with Crippen molar-refractivity contribution in [2.24, 2.45) is 11.8 Å². The molecule has 170 valence electrons. The maximum Gasteiger partial charge on any atom is 0.118 e. The van der Waals surface area contributed by atoms with E-state index in [4.69, 9.17) is 14.2 Å². The van der Waals surface area contributed by atoms with E-state index in [0.29, 0.717) is 13.2 Å². The molecule has 1 N–H and O–H groups in total. The minimum Gasteiger partial charge on any atom is -0.497 e. The van der Waals surface area contributed by atoms with Gasteiger partial charge in [-0.1, -0.05) is 62.4 Å². The van der Waals surface area contributed by atoms with E-state index >= 15 is 0 Å². The monoisotopic (exact) mass is 426 g/mol. The summed E-state index contributed by atoms with van der Waals surface area (Å²) in [4.78, 5) is 0. The van der Waals surface area contributed by atoms with Crippen LogP contribution in [0.25, 0.3) is 0 Å². The molecule has 0 aliphatic carbocycles. The summed E-state index contributed by atoms with van der Waals surface area (Å²) in [6.45, 7) is 9.76. The molecule has 0 spiro atoms. The van der Waals surface area contributed by atoms with Crippen LogP contribution in [0.3, 0.4) is 0 Å². The molecule has 4 atom stereocenters. The second-order valence-corrected chi connectivity index (χ2v) is 8.18. The Balaban J connectivity index is 1.83. The maximum absolute atomic E-state index is 10.7. The molecular weight excluding hydrogens is 388 g/mol. The molecule has 0 saturated carbocycles. The van der Waals surface area contributed by atoms with Gasteiger partial charge in [-0.2, -0.15) is 0 Å². The number of aliphatic hydroxyl groups is 1. The summed E-state index contributed by atoms with van der Waals surface area (Å²) >= 11 is 0. The molecule has 2 rings (SSSR count). The van der Waals surface area contributed by atoms with Gasteiger partial charge in [-0.05, 0) is 42.5 Å². The molecule has 0 heterocycles. The number of hydrogen-bond donors (Lipinski definition) is 1. The van der Waals surface area contributed by atoms with Gasteiger partial charge in [0, 0.05) is 18.4 Å². The molecule has 2 aromatic rings. The largest absolute Gasteiger partial charge is 0.497 e. The summed E-state index contributed by atoms with van der Waals surface area (Å²) in [7, 11) is 1.66. The van der Waals surface area contributed by atoms with Gasteiger partial charge in [-0.25, -0.2) is 0 Å². The van der Waals surface area contributed by atoms with Crippen LogP contribution in [0, 0.1) is 11.8 Å². The molecule has 0 bridgehead atoms. The SMILES string of the molecule is C=C[C@@H](C)[C@H](O)[C@H](C)[C@@H](CCCCOCc1ccccc1)OCc1ccc(OC)cc1. The normalized spacial score (nSPS) is 15.1. The summed E-state index contributed by atoms with van der Waals surface area (Å²) in [5, 5.41) is 10.7. The third-order valence-corrected chi connectivity index (χ3v) is 5.80. The highest BCUT2D eigenvalue weighted by atomic mass is 16.5. The standard InChI is InChI=1S/C27H38O4/c1-5-21(2)27(28)22(3)26(31-20-24-14-16-25(29-4)17-15-24)13-9-10-18-30-19-23-11-7-6-8-12-23/h5-8,11-12,14-17,21-22,26-28H,1,9-10,13,18-20H2,2-4H3/t21-,22-,26-,27+/m1/s1. The minimum absolute atomic E-state index is 0.0106. The Labute approximate surface area is 187 Å². The zero-order chi connectivity index (χ0) is 22.5. The quantitative estimate of drug-likeness (QED) is 0.289. The lowest BCUT2D eigenvalue weighted by atomic mass is 9.87. The van der Waals surface area contributed by atoms with Crippen LogP contribution in [0.1, 0.15) is 44.2 Å². The number of rotatable bonds is 15. The van der Waals surface area contributed by atoms with E-state index in [1.165, 1.54) is 5.56 Å². The van der Waals surface area contributed by atoms with Crippen LogP contribution in [0.15, 0.2) is 67.3 Å². The second kappa shape index (κ2) is 14.0. The fourth-order valence-electron chi connectivity index (χ4n) is 3.58. The molecule has 0 unspecified atom stereocenters. The Morgan fingerprint density at radius 1 is 0.935 bits per heavy atom. The lowest BCUT2D eigenvalue weighted by Gasteiger charge is -2.30. The maximum atomic E-state index is 10.7. The van der Waals surface area contributed by atoms with Crippen molar-refractivity contribution in [1.82, 2.24) is 0 Å². The van der Waals surface area contributed by atoms with Crippen LogP contribution in [0.2, 0.25) is 0 Å². The molecule has 2 aromatic carbocycles. The van der Waals surface area contributed by atoms with Crippen molar-refractivity contribution >= 4 is 0 Å². The predicted molar refractivity (Wildman–Crippen MR) is 126 cm³/mol. The molecule has 0 aromatic heterocycles. The Kier molecular flexibility index (Phi) is 11.4. The number of unbranched alkanes of at least 4 members (excludes halogenated alkanes) is 1. The van der Waals surface area contributed by atoms with Crippen molar-refractivity contribution in [2.75, 3.05) is 13.7 Å². The Morgan fingerprint density at radius 3 is 2.26 bits per heavy atom. The van der Waals surface area contributed by atoms with Crippen LogP contribution >= 0.6 is 0 Å². The first-order valence-electron chi connectivity index (χ1n) is 11.2. The number of methoxy groups -OCH3 is 1. The molecule has 0 amide bonds. The van der Waals surface area contributed by atoms with Gasteiger partial charge in [0.2, 0.25) is 0 Å². The zero-order valence-electron chi connectivity index (χ0n) is 19.2. The molecule has 0 aliphatic rings. The Morgan fingerprint density at radius 2 is 1.61 bits per heavy atom. The van der Waals surface area contributed by atoms with E-state index < -0.39 is 6.10 Å². The van der Waals surface area contributed by atoms with E-state index in [1.54, 1.807) is 13.2 Å². The highest BCUT2D eigenvalue weighted by Crippen LogP contribution is 2.24. The van der Waals surface area contributed by atoms with E-state index in [9.17, 15) is 5.11 Å². The van der Waals surface area contributed by atoms with E-state index in [-0.39, 0.29) is 17.9 Å². The molecule has 4 nitrogen and oxygen atoms in total. The lowest BCUT2D eigenvalue weighted by Crippen LogP contribution is -2.35. The average molecular weight is 427 g/mol. The van der Waals surface area contributed by atoms with Crippen molar-refractivity contribution in [3.05, 3.63) is 78.4 Å². The minimum atomic E-state index is -0.479. The molecule has 0 saturated heterocycles. The van der Waals surface area contributed by atoms with Crippen molar-refractivity contribution in [3.63, 3.8) is 0 Å². The molecule has 0 radical (unpaired) electrons. The smallest absolute Gasteiger partial charge is 0.118 e. The van der Waals surface area contributed by atoms with Gasteiger partial charge >= 0.3 is 0 Å².